The number of nitrogen functional groups attached to an aromatic ring is 1. The number of carbonyl (C=O) groups is 1. The molecule has 138 valence electrons. The molecule has 1 amide bonds. The second-order valence-electron chi connectivity index (χ2n) is 5.97. The standard InChI is InChI=1S/C16H20ClN7OS/c1-10-6-7-11(17)8-13(10)19-14(25)9-26-16-23-22-15(24(16)18)21-20-12-4-2-3-5-12/h6-8H,2-5,9,18H2,1H3,(H,19,25)(H,21,22). The smallest absolute Gasteiger partial charge is 0.264 e. The first-order valence-electron chi connectivity index (χ1n) is 8.23. The first-order chi connectivity index (χ1) is 12.5. The van der Waals surface area contributed by atoms with Crippen LogP contribution in [0.3, 0.4) is 0 Å². The number of nitrogens with zero attached hydrogens (tertiary/aromatic N) is 4. The van der Waals surface area contributed by atoms with Crippen LogP contribution in [0.4, 0.5) is 11.6 Å². The van der Waals surface area contributed by atoms with Crippen molar-refractivity contribution >= 4 is 46.6 Å². The summed E-state index contributed by atoms with van der Waals surface area (Å²) in [6.45, 7) is 1.90. The van der Waals surface area contributed by atoms with Crippen LogP contribution in [-0.4, -0.2) is 32.2 Å². The van der Waals surface area contributed by atoms with Crippen LogP contribution in [-0.2, 0) is 4.79 Å². The van der Waals surface area contributed by atoms with Crippen molar-refractivity contribution in [2.24, 2.45) is 5.10 Å². The lowest BCUT2D eigenvalue weighted by molar-refractivity contribution is -0.113. The number of hydrogen-bond donors (Lipinski definition) is 3. The Balaban J connectivity index is 1.55. The van der Waals surface area contributed by atoms with Gasteiger partial charge in [0.1, 0.15) is 0 Å². The van der Waals surface area contributed by atoms with Gasteiger partial charge in [0.15, 0.2) is 0 Å². The molecule has 1 aromatic carbocycles. The number of halogens is 1. The zero-order valence-electron chi connectivity index (χ0n) is 14.3. The van der Waals surface area contributed by atoms with E-state index in [1.807, 2.05) is 13.0 Å². The van der Waals surface area contributed by atoms with E-state index in [-0.39, 0.29) is 11.7 Å². The molecule has 1 aliphatic carbocycles. The third kappa shape index (κ3) is 4.67. The SMILES string of the molecule is Cc1ccc(Cl)cc1NC(=O)CSc1nnc(NN=C2CCCC2)n1N. The third-order valence-electron chi connectivity index (χ3n) is 3.97. The first-order valence-corrected chi connectivity index (χ1v) is 9.60. The number of amides is 1. The molecule has 8 nitrogen and oxygen atoms in total. The highest BCUT2D eigenvalue weighted by molar-refractivity contribution is 7.99. The van der Waals surface area contributed by atoms with Gasteiger partial charge in [0.05, 0.1) is 5.75 Å². The highest BCUT2D eigenvalue weighted by atomic mass is 35.5. The topological polar surface area (TPSA) is 110 Å². The normalized spacial score (nSPS) is 13.7. The van der Waals surface area contributed by atoms with Gasteiger partial charge in [0.2, 0.25) is 11.1 Å². The van der Waals surface area contributed by atoms with E-state index in [1.54, 1.807) is 12.1 Å². The van der Waals surface area contributed by atoms with Crippen LogP contribution in [0.5, 0.6) is 0 Å². The van der Waals surface area contributed by atoms with Crippen molar-refractivity contribution in [1.82, 2.24) is 14.9 Å². The van der Waals surface area contributed by atoms with Crippen LogP contribution in [0, 0.1) is 6.92 Å². The molecule has 10 heteroatoms. The highest BCUT2D eigenvalue weighted by Crippen LogP contribution is 2.22. The van der Waals surface area contributed by atoms with Crippen molar-refractivity contribution in [1.29, 1.82) is 0 Å². The number of benzene rings is 1. The average Bonchev–Trinajstić information content (AvgIpc) is 3.25. The van der Waals surface area contributed by atoms with E-state index >= 15 is 0 Å². The van der Waals surface area contributed by atoms with Gasteiger partial charge in [-0.3, -0.25) is 4.79 Å². The van der Waals surface area contributed by atoms with Gasteiger partial charge >= 0.3 is 0 Å². The van der Waals surface area contributed by atoms with Crippen LogP contribution in [0.15, 0.2) is 28.5 Å². The maximum absolute atomic E-state index is 12.2. The molecule has 1 aromatic heterocycles. The van der Waals surface area contributed by atoms with E-state index in [1.165, 1.54) is 16.4 Å². The number of thioether (sulfide) groups is 1. The van der Waals surface area contributed by atoms with Gasteiger partial charge in [-0.15, -0.1) is 10.2 Å². The van der Waals surface area contributed by atoms with E-state index in [0.29, 0.717) is 21.8 Å². The molecule has 0 saturated heterocycles. The molecule has 1 heterocycles. The molecular formula is C16H20ClN7OS. The molecule has 0 atom stereocenters. The van der Waals surface area contributed by atoms with Gasteiger partial charge in [-0.1, -0.05) is 29.4 Å². The monoisotopic (exact) mass is 393 g/mol. The quantitative estimate of drug-likeness (QED) is 0.395. The molecule has 3 rings (SSSR count). The van der Waals surface area contributed by atoms with Crippen molar-refractivity contribution in [3.05, 3.63) is 28.8 Å². The molecule has 0 bridgehead atoms. The Kier molecular flexibility index (Phi) is 6.00. The number of nitrogens with one attached hydrogen (secondary N) is 2. The second kappa shape index (κ2) is 8.41. The second-order valence-corrected chi connectivity index (χ2v) is 7.35. The number of nitrogens with two attached hydrogens (primary N) is 1. The fourth-order valence-electron chi connectivity index (χ4n) is 2.52. The fraction of sp³-hybridized carbons (Fsp3) is 0.375. The third-order valence-corrected chi connectivity index (χ3v) is 5.14. The molecule has 1 aliphatic rings. The molecule has 2 aromatic rings. The summed E-state index contributed by atoms with van der Waals surface area (Å²) in [5.74, 6) is 6.28. The summed E-state index contributed by atoms with van der Waals surface area (Å²) in [4.78, 5) is 12.2. The Morgan fingerprint density at radius 1 is 1.38 bits per heavy atom. The van der Waals surface area contributed by atoms with Gasteiger partial charge < -0.3 is 11.2 Å². The zero-order chi connectivity index (χ0) is 18.5. The lowest BCUT2D eigenvalue weighted by Gasteiger charge is -2.08. The number of aromatic nitrogens is 3. The molecule has 0 aliphatic heterocycles. The van der Waals surface area contributed by atoms with Crippen LogP contribution in [0.25, 0.3) is 0 Å². The average molecular weight is 394 g/mol. The Labute approximate surface area is 160 Å². The lowest BCUT2D eigenvalue weighted by atomic mass is 10.2. The van der Waals surface area contributed by atoms with Gasteiger partial charge in [0.25, 0.3) is 5.95 Å². The largest absolute Gasteiger partial charge is 0.334 e. The van der Waals surface area contributed by atoms with E-state index in [2.05, 4.69) is 26.0 Å². The maximum Gasteiger partial charge on any atom is 0.264 e. The van der Waals surface area contributed by atoms with E-state index in [0.717, 1.165) is 37.0 Å². The summed E-state index contributed by atoms with van der Waals surface area (Å²) in [5.41, 5.74) is 5.57. The summed E-state index contributed by atoms with van der Waals surface area (Å²) in [6.07, 6.45) is 4.32. The van der Waals surface area contributed by atoms with Crippen molar-refractivity contribution in [3.63, 3.8) is 0 Å². The van der Waals surface area contributed by atoms with Crippen molar-refractivity contribution in [3.8, 4) is 0 Å². The predicted molar refractivity (Wildman–Crippen MR) is 105 cm³/mol. The summed E-state index contributed by atoms with van der Waals surface area (Å²) in [5, 5.41) is 16.1. The molecule has 0 radical (unpaired) electrons. The molecule has 0 unspecified atom stereocenters. The molecule has 1 saturated carbocycles. The predicted octanol–water partition coefficient (Wildman–Crippen LogP) is 3.03. The van der Waals surface area contributed by atoms with Crippen LogP contribution < -0.4 is 16.6 Å². The Bertz CT molecular complexity index is 828. The number of aryl methyl sites for hydroxylation is 1. The minimum Gasteiger partial charge on any atom is -0.334 e. The van der Waals surface area contributed by atoms with Crippen LogP contribution >= 0.6 is 23.4 Å². The molecule has 26 heavy (non-hydrogen) atoms. The highest BCUT2D eigenvalue weighted by Gasteiger charge is 2.14. The van der Waals surface area contributed by atoms with E-state index in [9.17, 15) is 4.79 Å². The Morgan fingerprint density at radius 3 is 2.92 bits per heavy atom. The van der Waals surface area contributed by atoms with Crippen molar-refractivity contribution < 1.29 is 4.79 Å². The summed E-state index contributed by atoms with van der Waals surface area (Å²) in [6, 6.07) is 5.35. The Morgan fingerprint density at radius 2 is 2.15 bits per heavy atom. The minimum atomic E-state index is -0.177. The number of anilines is 2. The van der Waals surface area contributed by atoms with Gasteiger partial charge in [-0.05, 0) is 50.3 Å². The van der Waals surface area contributed by atoms with Gasteiger partial charge in [-0.25, -0.2) is 10.1 Å². The Hall–Kier alpha value is -2.26. The first kappa shape index (κ1) is 18.5. The van der Waals surface area contributed by atoms with Crippen molar-refractivity contribution in [2.45, 2.75) is 37.8 Å². The summed E-state index contributed by atoms with van der Waals surface area (Å²) < 4.78 is 1.29. The zero-order valence-corrected chi connectivity index (χ0v) is 15.9. The number of carbonyl (C=O) groups excluding carboxylic acids is 1. The summed E-state index contributed by atoms with van der Waals surface area (Å²) in [7, 11) is 0. The van der Waals surface area contributed by atoms with E-state index < -0.39 is 0 Å². The van der Waals surface area contributed by atoms with Crippen LogP contribution in [0.1, 0.15) is 31.2 Å². The minimum absolute atomic E-state index is 0.149. The molecule has 4 N–H and O–H groups in total. The fourth-order valence-corrected chi connectivity index (χ4v) is 3.35. The molecule has 1 fully saturated rings. The summed E-state index contributed by atoms with van der Waals surface area (Å²) >= 11 is 7.16. The number of rotatable bonds is 6. The number of hydrazone groups is 1. The number of hydrogen-bond acceptors (Lipinski definition) is 7. The molecular weight excluding hydrogens is 374 g/mol. The molecule has 0 spiro atoms. The van der Waals surface area contributed by atoms with Gasteiger partial charge in [-0.2, -0.15) is 5.10 Å². The van der Waals surface area contributed by atoms with Crippen molar-refractivity contribution in [2.75, 3.05) is 22.3 Å². The van der Waals surface area contributed by atoms with Gasteiger partial charge in [0, 0.05) is 16.4 Å². The van der Waals surface area contributed by atoms with Crippen LogP contribution in [0.2, 0.25) is 5.02 Å². The maximum atomic E-state index is 12.2. The van der Waals surface area contributed by atoms with E-state index in [4.69, 9.17) is 17.4 Å². The lowest BCUT2D eigenvalue weighted by Crippen LogP contribution is -2.17.